The summed E-state index contributed by atoms with van der Waals surface area (Å²) in [5, 5.41) is 7.77. The maximum atomic E-state index is 12.9. The lowest BCUT2D eigenvalue weighted by atomic mass is 10.0. The van der Waals surface area contributed by atoms with Gasteiger partial charge in [-0.1, -0.05) is 52.6 Å². The first-order valence-corrected chi connectivity index (χ1v) is 8.44. The van der Waals surface area contributed by atoms with Crippen LogP contribution < -0.4 is 5.32 Å². The molecule has 1 amide bonds. The highest BCUT2D eigenvalue weighted by Crippen LogP contribution is 2.37. The molecule has 0 aliphatic rings. The lowest BCUT2D eigenvalue weighted by molar-refractivity contribution is 0.102. The zero-order valence-electron chi connectivity index (χ0n) is 14.0. The van der Waals surface area contributed by atoms with E-state index in [0.717, 1.165) is 16.8 Å². The van der Waals surface area contributed by atoms with Crippen molar-refractivity contribution in [1.82, 2.24) is 5.16 Å². The first kappa shape index (κ1) is 17.5. The largest absolute Gasteiger partial charge is 0.360 e. The number of carbonyl (C=O) groups is 1. The molecular formula is C19H16Cl2N2O2. The van der Waals surface area contributed by atoms with E-state index in [1.165, 1.54) is 0 Å². The average molecular weight is 375 g/mol. The molecule has 3 aromatic rings. The summed E-state index contributed by atoms with van der Waals surface area (Å²) in [5.74, 6) is 0.0804. The molecule has 0 saturated heterocycles. The van der Waals surface area contributed by atoms with Gasteiger partial charge in [-0.05, 0) is 44.0 Å². The van der Waals surface area contributed by atoms with E-state index >= 15 is 0 Å². The number of nitrogens with one attached hydrogen (secondary N) is 1. The van der Waals surface area contributed by atoms with E-state index in [2.05, 4.69) is 10.5 Å². The number of halogens is 2. The molecule has 1 heterocycles. The van der Waals surface area contributed by atoms with Gasteiger partial charge in [0.05, 0.1) is 10.0 Å². The van der Waals surface area contributed by atoms with Gasteiger partial charge in [-0.2, -0.15) is 0 Å². The molecule has 0 fully saturated rings. The summed E-state index contributed by atoms with van der Waals surface area (Å²) in [6, 6.07) is 10.9. The van der Waals surface area contributed by atoms with Crippen LogP contribution in [-0.2, 0) is 0 Å². The molecule has 6 heteroatoms. The van der Waals surface area contributed by atoms with Crippen molar-refractivity contribution in [3.63, 3.8) is 0 Å². The number of anilines is 1. The first-order chi connectivity index (χ1) is 11.9. The van der Waals surface area contributed by atoms with Crippen LogP contribution >= 0.6 is 23.2 Å². The Morgan fingerprint density at radius 3 is 2.16 bits per heavy atom. The maximum Gasteiger partial charge on any atom is 0.261 e. The molecule has 0 unspecified atom stereocenters. The van der Waals surface area contributed by atoms with E-state index in [1.807, 2.05) is 32.0 Å². The number of carbonyl (C=O) groups excluding carboxylic acids is 1. The van der Waals surface area contributed by atoms with E-state index < -0.39 is 0 Å². The molecule has 0 saturated carbocycles. The topological polar surface area (TPSA) is 55.1 Å². The summed E-state index contributed by atoms with van der Waals surface area (Å²) in [4.78, 5) is 12.9. The Hall–Kier alpha value is -2.30. The van der Waals surface area contributed by atoms with Crippen LogP contribution in [0.5, 0.6) is 0 Å². The van der Waals surface area contributed by atoms with Crippen molar-refractivity contribution in [3.05, 3.63) is 68.9 Å². The first-order valence-electron chi connectivity index (χ1n) is 7.68. The van der Waals surface area contributed by atoms with Gasteiger partial charge in [-0.3, -0.25) is 4.79 Å². The smallest absolute Gasteiger partial charge is 0.261 e. The van der Waals surface area contributed by atoms with Gasteiger partial charge in [0.15, 0.2) is 0 Å². The lowest BCUT2D eigenvalue weighted by Crippen LogP contribution is -2.15. The maximum absolute atomic E-state index is 12.9. The third-order valence-corrected chi connectivity index (χ3v) is 4.64. The molecule has 1 N–H and O–H groups in total. The van der Waals surface area contributed by atoms with Gasteiger partial charge in [-0.25, -0.2) is 0 Å². The summed E-state index contributed by atoms with van der Waals surface area (Å²) in [6.07, 6.45) is 0. The van der Waals surface area contributed by atoms with Crippen LogP contribution in [0.25, 0.3) is 11.3 Å². The van der Waals surface area contributed by atoms with Gasteiger partial charge in [0.1, 0.15) is 17.0 Å². The van der Waals surface area contributed by atoms with Crippen LogP contribution in [0.2, 0.25) is 10.0 Å². The number of aromatic nitrogens is 1. The second-order valence-corrected chi connectivity index (χ2v) is 6.59. The quantitative estimate of drug-likeness (QED) is 0.627. The number of amides is 1. The van der Waals surface area contributed by atoms with Gasteiger partial charge in [-0.15, -0.1) is 0 Å². The van der Waals surface area contributed by atoms with Gasteiger partial charge in [0, 0.05) is 11.3 Å². The predicted octanol–water partition coefficient (Wildman–Crippen LogP) is 5.83. The molecule has 0 aliphatic carbocycles. The number of nitrogens with zero attached hydrogens (tertiary/aromatic N) is 1. The molecule has 128 valence electrons. The van der Waals surface area contributed by atoms with Crippen LogP contribution in [0.3, 0.4) is 0 Å². The summed E-state index contributed by atoms with van der Waals surface area (Å²) >= 11 is 12.5. The van der Waals surface area contributed by atoms with E-state index in [0.29, 0.717) is 32.6 Å². The minimum Gasteiger partial charge on any atom is -0.360 e. The Balaban J connectivity index is 2.07. The average Bonchev–Trinajstić information content (AvgIpc) is 2.92. The molecule has 0 spiro atoms. The number of para-hydroxylation sites is 1. The highest BCUT2D eigenvalue weighted by Gasteiger charge is 2.25. The number of aryl methyl sites for hydroxylation is 3. The van der Waals surface area contributed by atoms with Crippen LogP contribution in [0.4, 0.5) is 5.69 Å². The summed E-state index contributed by atoms with van der Waals surface area (Å²) in [6.45, 7) is 5.56. The Bertz CT molecular complexity index is 924. The van der Waals surface area contributed by atoms with Crippen molar-refractivity contribution < 1.29 is 9.32 Å². The second-order valence-electron chi connectivity index (χ2n) is 5.78. The molecule has 3 rings (SSSR count). The molecule has 0 bridgehead atoms. The van der Waals surface area contributed by atoms with E-state index in [-0.39, 0.29) is 5.91 Å². The number of hydrogen-bond donors (Lipinski definition) is 1. The highest BCUT2D eigenvalue weighted by atomic mass is 35.5. The van der Waals surface area contributed by atoms with Crippen LogP contribution in [0, 0.1) is 20.8 Å². The predicted molar refractivity (Wildman–Crippen MR) is 101 cm³/mol. The van der Waals surface area contributed by atoms with Gasteiger partial charge in [0.25, 0.3) is 5.91 Å². The van der Waals surface area contributed by atoms with Crippen LogP contribution in [-0.4, -0.2) is 11.1 Å². The minimum atomic E-state index is -0.317. The fourth-order valence-corrected chi connectivity index (χ4v) is 3.30. The zero-order chi connectivity index (χ0) is 18.1. The molecule has 25 heavy (non-hydrogen) atoms. The number of rotatable bonds is 3. The number of hydrogen-bond acceptors (Lipinski definition) is 3. The fraction of sp³-hybridized carbons (Fsp3) is 0.158. The van der Waals surface area contributed by atoms with Crippen molar-refractivity contribution in [2.24, 2.45) is 0 Å². The Labute approximate surface area is 155 Å². The monoisotopic (exact) mass is 374 g/mol. The highest BCUT2D eigenvalue weighted by molar-refractivity contribution is 6.39. The van der Waals surface area contributed by atoms with Gasteiger partial charge >= 0.3 is 0 Å². The SMILES string of the molecule is Cc1cccc(C)c1NC(=O)c1c(-c2c(Cl)cccc2Cl)noc1C. The van der Waals surface area contributed by atoms with Crippen molar-refractivity contribution in [2.75, 3.05) is 5.32 Å². The van der Waals surface area contributed by atoms with Crippen molar-refractivity contribution in [2.45, 2.75) is 20.8 Å². The molecule has 0 atom stereocenters. The molecule has 0 radical (unpaired) electrons. The van der Waals surface area contributed by atoms with Crippen LogP contribution in [0.1, 0.15) is 27.2 Å². The normalized spacial score (nSPS) is 10.8. The van der Waals surface area contributed by atoms with Crippen molar-refractivity contribution >= 4 is 34.8 Å². The van der Waals surface area contributed by atoms with E-state index in [9.17, 15) is 4.79 Å². The molecule has 2 aromatic carbocycles. The third kappa shape index (κ3) is 3.28. The minimum absolute atomic E-state index is 0.317. The van der Waals surface area contributed by atoms with Gasteiger partial charge < -0.3 is 9.84 Å². The third-order valence-electron chi connectivity index (χ3n) is 4.01. The van der Waals surface area contributed by atoms with E-state index in [1.54, 1.807) is 25.1 Å². The van der Waals surface area contributed by atoms with Crippen molar-refractivity contribution in [3.8, 4) is 11.3 Å². The summed E-state index contributed by atoms with van der Waals surface area (Å²) < 4.78 is 5.25. The molecule has 0 aliphatic heterocycles. The summed E-state index contributed by atoms with van der Waals surface area (Å²) in [5.41, 5.74) is 3.84. The second kappa shape index (κ2) is 6.90. The zero-order valence-corrected chi connectivity index (χ0v) is 15.5. The summed E-state index contributed by atoms with van der Waals surface area (Å²) in [7, 11) is 0. The standard InChI is InChI=1S/C19H16Cl2N2O2/c1-10-6-4-7-11(2)17(10)22-19(24)15-12(3)25-23-18(15)16-13(20)8-5-9-14(16)21/h4-9H,1-3H3,(H,22,24). The van der Waals surface area contributed by atoms with E-state index in [4.69, 9.17) is 27.7 Å². The van der Waals surface area contributed by atoms with Gasteiger partial charge in [0.2, 0.25) is 0 Å². The van der Waals surface area contributed by atoms with Crippen molar-refractivity contribution in [1.29, 1.82) is 0 Å². The Kier molecular flexibility index (Phi) is 4.84. The molecular weight excluding hydrogens is 359 g/mol. The molecule has 4 nitrogen and oxygen atoms in total. The fourth-order valence-electron chi connectivity index (χ4n) is 2.72. The lowest BCUT2D eigenvalue weighted by Gasteiger charge is -2.12. The molecule has 1 aromatic heterocycles. The number of benzene rings is 2. The van der Waals surface area contributed by atoms with Crippen LogP contribution in [0.15, 0.2) is 40.9 Å². The Morgan fingerprint density at radius 1 is 1.00 bits per heavy atom. The Morgan fingerprint density at radius 2 is 1.56 bits per heavy atom.